The number of benzene rings is 1. The molecule has 4 heteroatoms. The average molecular weight is 309 g/mol. The molecule has 1 aromatic carbocycles. The Labute approximate surface area is 133 Å². The van der Waals surface area contributed by atoms with Gasteiger partial charge in [-0.25, -0.2) is 0 Å². The van der Waals surface area contributed by atoms with Gasteiger partial charge in [-0.1, -0.05) is 36.8 Å². The van der Waals surface area contributed by atoms with Crippen molar-refractivity contribution in [2.24, 2.45) is 11.7 Å². The number of carbonyl (C=O) groups excluding carboxylic acids is 1. The lowest BCUT2D eigenvalue weighted by molar-refractivity contribution is -0.125. The van der Waals surface area contributed by atoms with Crippen molar-refractivity contribution < 1.29 is 4.79 Å². The van der Waals surface area contributed by atoms with Crippen LogP contribution in [0.15, 0.2) is 30.3 Å². The Hall–Kier alpha value is -1.06. The molecule has 0 aliphatic heterocycles. The Bertz CT molecular complexity index is 465. The van der Waals surface area contributed by atoms with Gasteiger partial charge >= 0.3 is 0 Å². The third kappa shape index (κ3) is 3.78. The molecular weight excluding hydrogens is 284 g/mol. The van der Waals surface area contributed by atoms with E-state index in [2.05, 4.69) is 29.6 Å². The SMILES string of the molecule is Cl.NC1CCC(C(=O)NC2CCCC2c2ccccc2)C1. The van der Waals surface area contributed by atoms with Crippen molar-refractivity contribution in [1.82, 2.24) is 5.32 Å². The smallest absolute Gasteiger partial charge is 0.223 e. The fourth-order valence-electron chi connectivity index (χ4n) is 3.79. The van der Waals surface area contributed by atoms with Crippen molar-refractivity contribution in [2.75, 3.05) is 0 Å². The molecule has 3 N–H and O–H groups in total. The molecule has 1 aromatic rings. The second-order valence-electron chi connectivity index (χ2n) is 6.33. The zero-order chi connectivity index (χ0) is 13.9. The lowest BCUT2D eigenvalue weighted by Crippen LogP contribution is -2.40. The summed E-state index contributed by atoms with van der Waals surface area (Å²) in [6.45, 7) is 0. The summed E-state index contributed by atoms with van der Waals surface area (Å²) in [5.74, 6) is 0.850. The highest BCUT2D eigenvalue weighted by molar-refractivity contribution is 5.85. The Morgan fingerprint density at radius 3 is 2.52 bits per heavy atom. The van der Waals surface area contributed by atoms with Crippen molar-refractivity contribution in [1.29, 1.82) is 0 Å². The van der Waals surface area contributed by atoms with E-state index in [-0.39, 0.29) is 30.3 Å². The van der Waals surface area contributed by atoms with Gasteiger partial charge in [-0.3, -0.25) is 4.79 Å². The predicted octanol–water partition coefficient (Wildman–Crippen LogP) is 2.99. The van der Waals surface area contributed by atoms with Gasteiger partial charge in [0.1, 0.15) is 0 Å². The van der Waals surface area contributed by atoms with E-state index >= 15 is 0 Å². The molecule has 4 unspecified atom stereocenters. The maximum Gasteiger partial charge on any atom is 0.223 e. The zero-order valence-electron chi connectivity index (χ0n) is 12.3. The fourth-order valence-corrected chi connectivity index (χ4v) is 3.79. The second-order valence-corrected chi connectivity index (χ2v) is 6.33. The first-order chi connectivity index (χ1) is 9.74. The van der Waals surface area contributed by atoms with E-state index in [1.54, 1.807) is 0 Å². The number of hydrogen-bond donors (Lipinski definition) is 2. The third-order valence-corrected chi connectivity index (χ3v) is 4.92. The van der Waals surface area contributed by atoms with Crippen LogP contribution >= 0.6 is 12.4 Å². The number of amides is 1. The van der Waals surface area contributed by atoms with Crippen LogP contribution in [0, 0.1) is 5.92 Å². The summed E-state index contributed by atoms with van der Waals surface area (Å²) in [5, 5.41) is 3.30. The Balaban J connectivity index is 0.00000161. The van der Waals surface area contributed by atoms with Gasteiger partial charge in [-0.05, 0) is 37.7 Å². The van der Waals surface area contributed by atoms with E-state index in [9.17, 15) is 4.79 Å². The quantitative estimate of drug-likeness (QED) is 0.902. The molecule has 21 heavy (non-hydrogen) atoms. The van der Waals surface area contributed by atoms with Crippen LogP contribution in [-0.2, 0) is 4.79 Å². The molecule has 0 heterocycles. The second kappa shape index (κ2) is 7.28. The van der Waals surface area contributed by atoms with E-state index in [1.807, 2.05) is 6.07 Å². The van der Waals surface area contributed by atoms with Gasteiger partial charge in [-0.15, -0.1) is 12.4 Å². The molecule has 0 spiro atoms. The third-order valence-electron chi connectivity index (χ3n) is 4.92. The van der Waals surface area contributed by atoms with Gasteiger partial charge in [0.05, 0.1) is 0 Å². The van der Waals surface area contributed by atoms with Crippen LogP contribution in [0.1, 0.15) is 50.0 Å². The highest BCUT2D eigenvalue weighted by atomic mass is 35.5. The standard InChI is InChI=1S/C17H24N2O.ClH/c18-14-10-9-13(11-14)17(20)19-16-8-4-7-15(16)12-5-2-1-3-6-12;/h1-3,5-6,13-16H,4,7-11,18H2,(H,19,20);1H. The lowest BCUT2D eigenvalue weighted by atomic mass is 9.93. The number of carbonyl (C=O) groups is 1. The molecule has 116 valence electrons. The van der Waals surface area contributed by atoms with Crippen LogP contribution in [0.3, 0.4) is 0 Å². The molecule has 2 saturated carbocycles. The Morgan fingerprint density at radius 2 is 1.86 bits per heavy atom. The molecule has 0 bridgehead atoms. The van der Waals surface area contributed by atoms with Crippen LogP contribution < -0.4 is 11.1 Å². The molecule has 2 aliphatic carbocycles. The maximum absolute atomic E-state index is 12.4. The molecule has 0 saturated heterocycles. The minimum atomic E-state index is 0. The Morgan fingerprint density at radius 1 is 1.10 bits per heavy atom. The van der Waals surface area contributed by atoms with Gasteiger partial charge in [-0.2, -0.15) is 0 Å². The van der Waals surface area contributed by atoms with Crippen LogP contribution in [0.25, 0.3) is 0 Å². The number of rotatable bonds is 3. The molecule has 1 amide bonds. The summed E-state index contributed by atoms with van der Waals surface area (Å²) < 4.78 is 0. The van der Waals surface area contributed by atoms with Crippen LogP contribution in [0.4, 0.5) is 0 Å². The topological polar surface area (TPSA) is 55.1 Å². The normalized spacial score (nSPS) is 31.7. The van der Waals surface area contributed by atoms with Gasteiger partial charge in [0.15, 0.2) is 0 Å². The van der Waals surface area contributed by atoms with Gasteiger partial charge in [0.2, 0.25) is 5.91 Å². The highest BCUT2D eigenvalue weighted by Crippen LogP contribution is 2.35. The first-order valence-corrected chi connectivity index (χ1v) is 7.85. The summed E-state index contributed by atoms with van der Waals surface area (Å²) >= 11 is 0. The molecule has 2 fully saturated rings. The van der Waals surface area contributed by atoms with E-state index in [1.165, 1.54) is 18.4 Å². The van der Waals surface area contributed by atoms with Crippen molar-refractivity contribution in [3.05, 3.63) is 35.9 Å². The first kappa shape index (κ1) is 16.3. The number of nitrogens with two attached hydrogens (primary N) is 1. The maximum atomic E-state index is 12.4. The summed E-state index contributed by atoms with van der Waals surface area (Å²) in [4.78, 5) is 12.4. The summed E-state index contributed by atoms with van der Waals surface area (Å²) in [5.41, 5.74) is 7.27. The largest absolute Gasteiger partial charge is 0.353 e. The lowest BCUT2D eigenvalue weighted by Gasteiger charge is -2.23. The van der Waals surface area contributed by atoms with E-state index in [4.69, 9.17) is 5.73 Å². The van der Waals surface area contributed by atoms with E-state index in [0.717, 1.165) is 25.7 Å². The van der Waals surface area contributed by atoms with E-state index in [0.29, 0.717) is 12.0 Å². The molecule has 0 radical (unpaired) electrons. The molecular formula is C17H25ClN2O. The minimum Gasteiger partial charge on any atom is -0.353 e. The molecule has 2 aliphatic rings. The fraction of sp³-hybridized carbons (Fsp3) is 0.588. The monoisotopic (exact) mass is 308 g/mol. The van der Waals surface area contributed by atoms with Crippen LogP contribution in [0.2, 0.25) is 0 Å². The number of halogens is 1. The van der Waals surface area contributed by atoms with Crippen LogP contribution in [0.5, 0.6) is 0 Å². The summed E-state index contributed by atoms with van der Waals surface area (Å²) in [7, 11) is 0. The minimum absolute atomic E-state index is 0. The number of nitrogens with one attached hydrogen (secondary N) is 1. The zero-order valence-corrected chi connectivity index (χ0v) is 13.1. The van der Waals surface area contributed by atoms with Crippen molar-refractivity contribution in [3.63, 3.8) is 0 Å². The van der Waals surface area contributed by atoms with Crippen molar-refractivity contribution >= 4 is 18.3 Å². The van der Waals surface area contributed by atoms with Crippen molar-refractivity contribution in [2.45, 2.75) is 56.5 Å². The molecule has 3 rings (SSSR count). The van der Waals surface area contributed by atoms with Crippen molar-refractivity contribution in [3.8, 4) is 0 Å². The Kier molecular flexibility index (Phi) is 5.65. The summed E-state index contributed by atoms with van der Waals surface area (Å²) in [6.07, 6.45) is 6.28. The molecule has 4 atom stereocenters. The van der Waals surface area contributed by atoms with Gasteiger partial charge in [0, 0.05) is 23.9 Å². The van der Waals surface area contributed by atoms with Gasteiger partial charge < -0.3 is 11.1 Å². The predicted molar refractivity (Wildman–Crippen MR) is 87.5 cm³/mol. The van der Waals surface area contributed by atoms with Gasteiger partial charge in [0.25, 0.3) is 0 Å². The number of hydrogen-bond acceptors (Lipinski definition) is 2. The van der Waals surface area contributed by atoms with Crippen LogP contribution in [-0.4, -0.2) is 18.0 Å². The van der Waals surface area contributed by atoms with E-state index < -0.39 is 0 Å². The molecule has 0 aromatic heterocycles. The highest BCUT2D eigenvalue weighted by Gasteiger charge is 2.33. The molecule has 3 nitrogen and oxygen atoms in total. The average Bonchev–Trinajstić information content (AvgIpc) is 3.09. The summed E-state index contributed by atoms with van der Waals surface area (Å²) in [6, 6.07) is 11.1. The first-order valence-electron chi connectivity index (χ1n) is 7.85.